The van der Waals surface area contributed by atoms with Gasteiger partial charge in [0, 0.05) is 13.5 Å². The largest absolute Gasteiger partial charge is 0.347 e. The predicted molar refractivity (Wildman–Crippen MR) is 135 cm³/mol. The maximum absolute atomic E-state index is 13.2. The van der Waals surface area contributed by atoms with Gasteiger partial charge in [0.25, 0.3) is 5.91 Å². The molecule has 192 valence electrons. The van der Waals surface area contributed by atoms with Crippen LogP contribution in [-0.4, -0.2) is 69.0 Å². The number of benzene rings is 2. The van der Waals surface area contributed by atoms with E-state index >= 15 is 0 Å². The third-order valence-electron chi connectivity index (χ3n) is 6.11. The first kappa shape index (κ1) is 25.5. The Morgan fingerprint density at radius 1 is 0.946 bits per heavy atom. The van der Waals surface area contributed by atoms with Crippen LogP contribution in [0.4, 0.5) is 0 Å². The first-order valence-electron chi connectivity index (χ1n) is 11.9. The second-order valence-corrected chi connectivity index (χ2v) is 8.93. The Bertz CT molecular complexity index is 1320. The maximum atomic E-state index is 13.2. The number of hydrogen-bond donors (Lipinski definition) is 3. The van der Waals surface area contributed by atoms with Gasteiger partial charge in [-0.2, -0.15) is 0 Å². The standard InChI is InChI=1S/C26H29N7O4/c1-16-26(37)32(3)15-23(34)29-20(13-18-9-5-4-6-10-18)25(36)27-14-22-31-30-17(2)33(22)21-12-8-7-11-19(21)24(35)28-16/h4-12,16,20H,13-15H2,1-3H3,(H,27,36)(H,28,35)(H,29,34)/t16-,20-/m0/s1. The minimum absolute atomic E-state index is 0.0194. The number of nitrogens with zero attached hydrogens (tertiary/aromatic N) is 4. The number of aromatic nitrogens is 3. The molecule has 0 fully saturated rings. The van der Waals surface area contributed by atoms with Crippen LogP contribution in [0.5, 0.6) is 0 Å². The van der Waals surface area contributed by atoms with Crippen LogP contribution < -0.4 is 16.0 Å². The lowest BCUT2D eigenvalue weighted by atomic mass is 10.1. The number of fused-ring (bicyclic) bond motifs is 3. The second-order valence-electron chi connectivity index (χ2n) is 8.93. The molecule has 0 spiro atoms. The van der Waals surface area contributed by atoms with Gasteiger partial charge in [0.15, 0.2) is 5.82 Å². The number of para-hydroxylation sites is 1. The molecule has 1 aliphatic heterocycles. The molecule has 4 rings (SSSR count). The first-order valence-corrected chi connectivity index (χ1v) is 11.9. The van der Waals surface area contributed by atoms with Gasteiger partial charge in [-0.15, -0.1) is 10.2 Å². The van der Waals surface area contributed by atoms with Crippen molar-refractivity contribution in [3.8, 4) is 5.69 Å². The summed E-state index contributed by atoms with van der Waals surface area (Å²) in [6.07, 6.45) is 0.261. The molecular weight excluding hydrogens is 474 g/mol. The van der Waals surface area contributed by atoms with E-state index in [1.54, 1.807) is 42.7 Å². The number of rotatable bonds is 2. The summed E-state index contributed by atoms with van der Waals surface area (Å²) in [5.74, 6) is -0.895. The summed E-state index contributed by atoms with van der Waals surface area (Å²) in [5.41, 5.74) is 1.69. The highest BCUT2D eigenvalue weighted by molar-refractivity contribution is 6.00. The fraction of sp³-hybridized carbons (Fsp3) is 0.308. The molecule has 3 aromatic rings. The molecule has 1 aliphatic rings. The van der Waals surface area contributed by atoms with Gasteiger partial charge in [0.1, 0.15) is 17.9 Å². The number of carbonyl (C=O) groups excluding carboxylic acids is 4. The fourth-order valence-electron chi connectivity index (χ4n) is 4.24. The lowest BCUT2D eigenvalue weighted by Gasteiger charge is -2.24. The molecule has 0 aliphatic carbocycles. The van der Waals surface area contributed by atoms with Gasteiger partial charge in [-0.05, 0) is 31.5 Å². The molecule has 0 unspecified atom stereocenters. The van der Waals surface area contributed by atoms with Crippen molar-refractivity contribution in [2.45, 2.75) is 38.9 Å². The highest BCUT2D eigenvalue weighted by Crippen LogP contribution is 2.19. The van der Waals surface area contributed by atoms with Crippen molar-refractivity contribution in [3.05, 3.63) is 77.4 Å². The Hall–Kier alpha value is -4.54. The molecule has 4 amide bonds. The summed E-state index contributed by atoms with van der Waals surface area (Å²) in [6.45, 7) is 3.04. The molecule has 3 N–H and O–H groups in total. The van der Waals surface area contributed by atoms with Crippen LogP contribution in [0.1, 0.15) is 34.5 Å². The van der Waals surface area contributed by atoms with Crippen molar-refractivity contribution in [1.29, 1.82) is 0 Å². The highest BCUT2D eigenvalue weighted by Gasteiger charge is 2.27. The SMILES string of the molecule is Cc1nnc2n1-c1ccccc1C(=O)N[C@@H](C)C(=O)N(C)CC(=O)N[C@@H](Cc1ccccc1)C(=O)NC2. The van der Waals surface area contributed by atoms with Gasteiger partial charge in [-0.3, -0.25) is 23.7 Å². The number of hydrogen-bond acceptors (Lipinski definition) is 6. The third kappa shape index (κ3) is 5.83. The van der Waals surface area contributed by atoms with Crippen LogP contribution in [0.2, 0.25) is 0 Å². The molecular formula is C26H29N7O4. The molecule has 1 aromatic heterocycles. The van der Waals surface area contributed by atoms with Crippen molar-refractivity contribution in [3.63, 3.8) is 0 Å². The van der Waals surface area contributed by atoms with E-state index in [-0.39, 0.29) is 19.5 Å². The summed E-state index contributed by atoms with van der Waals surface area (Å²) >= 11 is 0. The van der Waals surface area contributed by atoms with Gasteiger partial charge in [0.05, 0.1) is 24.3 Å². The number of amides is 4. The number of aryl methyl sites for hydroxylation is 1. The zero-order valence-corrected chi connectivity index (χ0v) is 20.9. The maximum Gasteiger partial charge on any atom is 0.254 e. The quantitative estimate of drug-likeness (QED) is 0.466. The minimum Gasteiger partial charge on any atom is -0.347 e. The van der Waals surface area contributed by atoms with E-state index in [4.69, 9.17) is 0 Å². The van der Waals surface area contributed by atoms with Gasteiger partial charge < -0.3 is 20.9 Å². The smallest absolute Gasteiger partial charge is 0.254 e. The molecule has 2 heterocycles. The van der Waals surface area contributed by atoms with E-state index in [1.165, 1.54) is 11.9 Å². The Kier molecular flexibility index (Phi) is 7.61. The lowest BCUT2D eigenvalue weighted by molar-refractivity contribution is -0.136. The number of nitrogens with one attached hydrogen (secondary N) is 3. The van der Waals surface area contributed by atoms with Crippen molar-refractivity contribution in [2.75, 3.05) is 13.6 Å². The molecule has 0 radical (unpaired) electrons. The van der Waals surface area contributed by atoms with E-state index in [2.05, 4.69) is 26.1 Å². The van der Waals surface area contributed by atoms with Gasteiger partial charge >= 0.3 is 0 Å². The molecule has 11 nitrogen and oxygen atoms in total. The monoisotopic (exact) mass is 503 g/mol. The van der Waals surface area contributed by atoms with Crippen molar-refractivity contribution in [1.82, 2.24) is 35.6 Å². The van der Waals surface area contributed by atoms with Crippen LogP contribution >= 0.6 is 0 Å². The van der Waals surface area contributed by atoms with E-state index in [9.17, 15) is 19.2 Å². The van der Waals surface area contributed by atoms with Crippen LogP contribution in [0.3, 0.4) is 0 Å². The lowest BCUT2D eigenvalue weighted by Crippen LogP contribution is -2.52. The number of carbonyl (C=O) groups is 4. The molecule has 2 atom stereocenters. The normalized spacial score (nSPS) is 19.4. The summed E-state index contributed by atoms with van der Waals surface area (Å²) in [7, 11) is 1.47. The molecule has 2 aromatic carbocycles. The Morgan fingerprint density at radius 3 is 2.41 bits per heavy atom. The van der Waals surface area contributed by atoms with Gasteiger partial charge in [-0.25, -0.2) is 0 Å². The van der Waals surface area contributed by atoms with Crippen LogP contribution in [-0.2, 0) is 27.3 Å². The summed E-state index contributed by atoms with van der Waals surface area (Å²) < 4.78 is 1.68. The predicted octanol–water partition coefficient (Wildman–Crippen LogP) is 0.510. The zero-order valence-electron chi connectivity index (χ0n) is 20.9. The van der Waals surface area contributed by atoms with Gasteiger partial charge in [-0.1, -0.05) is 42.5 Å². The molecule has 0 bridgehead atoms. The van der Waals surface area contributed by atoms with Crippen molar-refractivity contribution in [2.24, 2.45) is 0 Å². The average Bonchev–Trinajstić information content (AvgIpc) is 3.26. The first-order chi connectivity index (χ1) is 17.7. The van der Waals surface area contributed by atoms with E-state index in [1.807, 2.05) is 30.3 Å². The Labute approximate surface area is 214 Å². The van der Waals surface area contributed by atoms with E-state index < -0.39 is 35.7 Å². The molecule has 11 heteroatoms. The summed E-state index contributed by atoms with van der Waals surface area (Å²) in [6, 6.07) is 14.4. The molecule has 0 saturated heterocycles. The molecule has 0 saturated carbocycles. The third-order valence-corrected chi connectivity index (χ3v) is 6.11. The zero-order chi connectivity index (χ0) is 26.5. The van der Waals surface area contributed by atoms with Crippen LogP contribution in [0.15, 0.2) is 54.6 Å². The summed E-state index contributed by atoms with van der Waals surface area (Å²) in [4.78, 5) is 53.3. The minimum atomic E-state index is -0.892. The topological polar surface area (TPSA) is 138 Å². The Balaban J connectivity index is 1.72. The van der Waals surface area contributed by atoms with E-state index in [0.717, 1.165) is 5.56 Å². The van der Waals surface area contributed by atoms with Crippen LogP contribution in [0.25, 0.3) is 5.69 Å². The highest BCUT2D eigenvalue weighted by atomic mass is 16.2. The fourth-order valence-corrected chi connectivity index (χ4v) is 4.24. The van der Waals surface area contributed by atoms with Crippen molar-refractivity contribution >= 4 is 23.6 Å². The van der Waals surface area contributed by atoms with E-state index in [0.29, 0.717) is 22.9 Å². The molecule has 37 heavy (non-hydrogen) atoms. The van der Waals surface area contributed by atoms with Gasteiger partial charge in [0.2, 0.25) is 17.7 Å². The number of likely N-dealkylation sites (N-methyl/N-ethyl adjacent to an activating group) is 1. The van der Waals surface area contributed by atoms with Crippen molar-refractivity contribution < 1.29 is 19.2 Å². The van der Waals surface area contributed by atoms with Crippen LogP contribution in [0, 0.1) is 6.92 Å². The Morgan fingerprint density at radius 2 is 1.65 bits per heavy atom. The summed E-state index contributed by atoms with van der Waals surface area (Å²) in [5, 5.41) is 16.6. The second kappa shape index (κ2) is 11.0. The average molecular weight is 504 g/mol.